The minimum Gasteiger partial charge on any atom is -0.258 e. The second-order valence-corrected chi connectivity index (χ2v) is 4.11. The molecule has 0 aliphatic heterocycles. The van der Waals surface area contributed by atoms with Gasteiger partial charge in [-0.15, -0.1) is 11.3 Å². The van der Waals surface area contributed by atoms with Gasteiger partial charge in [0.25, 0.3) is 5.69 Å². The van der Waals surface area contributed by atoms with Gasteiger partial charge in [0.2, 0.25) is 0 Å². The van der Waals surface area contributed by atoms with Crippen LogP contribution in [0.15, 0.2) is 29.6 Å². The Labute approximate surface area is 101 Å². The number of hydrogen-bond donors (Lipinski definition) is 0. The molecule has 0 fully saturated rings. The molecule has 0 atom stereocenters. The Balaban J connectivity index is 2.46. The summed E-state index contributed by atoms with van der Waals surface area (Å²) in [6.45, 7) is 0. The molecule has 1 aromatic carbocycles. The molecule has 0 aliphatic rings. The highest BCUT2D eigenvalue weighted by Crippen LogP contribution is 2.31. The molecule has 0 bridgehead atoms. The van der Waals surface area contributed by atoms with Crippen LogP contribution in [0, 0.1) is 21.4 Å². The minimum absolute atomic E-state index is 0.0327. The van der Waals surface area contributed by atoms with Gasteiger partial charge in [-0.25, -0.2) is 4.98 Å². The third-order valence-corrected chi connectivity index (χ3v) is 3.07. The number of aromatic nitrogens is 1. The lowest BCUT2D eigenvalue weighted by atomic mass is 10.2. The van der Waals surface area contributed by atoms with E-state index in [9.17, 15) is 10.1 Å². The standard InChI is InChI=1S/C11H7N3O2S/c12-6-5-8-7-17-11(13-8)9-3-1-2-4-10(9)14(15)16/h1-4,7H,5H2. The topological polar surface area (TPSA) is 79.8 Å². The van der Waals surface area contributed by atoms with E-state index in [1.54, 1.807) is 23.6 Å². The van der Waals surface area contributed by atoms with E-state index in [-0.39, 0.29) is 12.1 Å². The fraction of sp³-hybridized carbons (Fsp3) is 0.0909. The van der Waals surface area contributed by atoms with E-state index >= 15 is 0 Å². The second-order valence-electron chi connectivity index (χ2n) is 3.25. The zero-order valence-electron chi connectivity index (χ0n) is 8.66. The number of rotatable bonds is 3. The summed E-state index contributed by atoms with van der Waals surface area (Å²) in [5.41, 5.74) is 1.17. The molecule has 1 aromatic heterocycles. The van der Waals surface area contributed by atoms with Crippen molar-refractivity contribution in [3.8, 4) is 16.6 Å². The van der Waals surface area contributed by atoms with Crippen molar-refractivity contribution in [2.75, 3.05) is 0 Å². The lowest BCUT2D eigenvalue weighted by molar-refractivity contribution is -0.384. The van der Waals surface area contributed by atoms with Crippen molar-refractivity contribution >= 4 is 17.0 Å². The molecule has 6 heteroatoms. The molecule has 0 N–H and O–H groups in total. The van der Waals surface area contributed by atoms with Crippen LogP contribution < -0.4 is 0 Å². The third kappa shape index (κ3) is 2.29. The van der Waals surface area contributed by atoms with Crippen LogP contribution in [-0.4, -0.2) is 9.91 Å². The first-order valence-corrected chi connectivity index (χ1v) is 5.65. The van der Waals surface area contributed by atoms with Gasteiger partial charge in [-0.1, -0.05) is 12.1 Å². The highest BCUT2D eigenvalue weighted by Gasteiger charge is 2.16. The van der Waals surface area contributed by atoms with Crippen LogP contribution in [0.2, 0.25) is 0 Å². The SMILES string of the molecule is N#CCc1csc(-c2ccccc2[N+](=O)[O-])n1. The highest BCUT2D eigenvalue weighted by atomic mass is 32.1. The Morgan fingerprint density at radius 1 is 1.47 bits per heavy atom. The smallest absolute Gasteiger partial charge is 0.258 e. The first kappa shape index (κ1) is 11.2. The summed E-state index contributed by atoms with van der Waals surface area (Å²) in [6, 6.07) is 8.45. The van der Waals surface area contributed by atoms with Gasteiger partial charge >= 0.3 is 0 Å². The molecule has 17 heavy (non-hydrogen) atoms. The Bertz CT molecular complexity index is 601. The molecule has 1 heterocycles. The van der Waals surface area contributed by atoms with Crippen LogP contribution in [0.1, 0.15) is 5.69 Å². The van der Waals surface area contributed by atoms with Gasteiger partial charge in [0.15, 0.2) is 0 Å². The third-order valence-electron chi connectivity index (χ3n) is 2.14. The van der Waals surface area contributed by atoms with Crippen LogP contribution in [0.25, 0.3) is 10.6 Å². The maximum absolute atomic E-state index is 10.9. The van der Waals surface area contributed by atoms with Crippen molar-refractivity contribution in [2.45, 2.75) is 6.42 Å². The average Bonchev–Trinajstić information content (AvgIpc) is 2.78. The molecule has 0 unspecified atom stereocenters. The normalized spacial score (nSPS) is 9.82. The Hall–Kier alpha value is -2.26. The van der Waals surface area contributed by atoms with Gasteiger partial charge in [0.1, 0.15) is 5.01 Å². The number of nitro groups is 1. The van der Waals surface area contributed by atoms with Gasteiger partial charge in [-0.3, -0.25) is 10.1 Å². The molecular formula is C11H7N3O2S. The van der Waals surface area contributed by atoms with Crippen LogP contribution in [0.5, 0.6) is 0 Å². The van der Waals surface area contributed by atoms with Crippen molar-refractivity contribution < 1.29 is 4.92 Å². The number of nitrogens with zero attached hydrogens (tertiary/aromatic N) is 3. The summed E-state index contributed by atoms with van der Waals surface area (Å²) in [6.07, 6.45) is 0.219. The van der Waals surface area contributed by atoms with Gasteiger partial charge in [-0.2, -0.15) is 5.26 Å². The second kappa shape index (κ2) is 4.72. The summed E-state index contributed by atoms with van der Waals surface area (Å²) in [7, 11) is 0. The molecule has 5 nitrogen and oxygen atoms in total. The van der Waals surface area contributed by atoms with E-state index in [0.717, 1.165) is 0 Å². The number of nitriles is 1. The predicted molar refractivity (Wildman–Crippen MR) is 63.5 cm³/mol. The van der Waals surface area contributed by atoms with Crippen molar-refractivity contribution in [2.24, 2.45) is 0 Å². The number of benzene rings is 1. The van der Waals surface area contributed by atoms with Gasteiger partial charge < -0.3 is 0 Å². The molecule has 0 aliphatic carbocycles. The Morgan fingerprint density at radius 3 is 2.94 bits per heavy atom. The van der Waals surface area contributed by atoms with E-state index < -0.39 is 4.92 Å². The molecule has 0 radical (unpaired) electrons. The zero-order valence-corrected chi connectivity index (χ0v) is 9.48. The lowest BCUT2D eigenvalue weighted by Crippen LogP contribution is -1.91. The first-order valence-electron chi connectivity index (χ1n) is 4.77. The van der Waals surface area contributed by atoms with Crippen molar-refractivity contribution in [1.82, 2.24) is 4.98 Å². The molecule has 0 spiro atoms. The fourth-order valence-electron chi connectivity index (χ4n) is 1.41. The van der Waals surface area contributed by atoms with Crippen LogP contribution >= 0.6 is 11.3 Å². The average molecular weight is 245 g/mol. The number of hydrogen-bond acceptors (Lipinski definition) is 5. The molecule has 2 rings (SSSR count). The first-order chi connectivity index (χ1) is 8.22. The number of thiazole rings is 1. The summed E-state index contributed by atoms with van der Waals surface area (Å²) < 4.78 is 0. The van der Waals surface area contributed by atoms with Crippen LogP contribution in [-0.2, 0) is 6.42 Å². The maximum Gasteiger partial charge on any atom is 0.279 e. The van der Waals surface area contributed by atoms with E-state index in [1.165, 1.54) is 17.4 Å². The van der Waals surface area contributed by atoms with Crippen molar-refractivity contribution in [3.05, 3.63) is 45.5 Å². The van der Waals surface area contributed by atoms with Gasteiger partial charge in [-0.05, 0) is 6.07 Å². The van der Waals surface area contributed by atoms with Gasteiger partial charge in [0, 0.05) is 11.4 Å². The van der Waals surface area contributed by atoms with E-state index in [0.29, 0.717) is 16.3 Å². The Morgan fingerprint density at radius 2 is 2.24 bits per heavy atom. The van der Waals surface area contributed by atoms with Crippen LogP contribution in [0.3, 0.4) is 0 Å². The molecular weight excluding hydrogens is 238 g/mol. The molecule has 84 valence electrons. The monoisotopic (exact) mass is 245 g/mol. The maximum atomic E-state index is 10.9. The number of nitro benzene ring substituents is 1. The zero-order chi connectivity index (χ0) is 12.3. The van der Waals surface area contributed by atoms with Crippen molar-refractivity contribution in [1.29, 1.82) is 5.26 Å². The molecule has 0 amide bonds. The summed E-state index contributed by atoms with van der Waals surface area (Å²) in [4.78, 5) is 14.6. The molecule has 2 aromatic rings. The number of para-hydroxylation sites is 1. The predicted octanol–water partition coefficient (Wildman–Crippen LogP) is 2.78. The van der Waals surface area contributed by atoms with Gasteiger partial charge in [0.05, 0.1) is 28.7 Å². The fourth-order valence-corrected chi connectivity index (χ4v) is 2.26. The summed E-state index contributed by atoms with van der Waals surface area (Å²) >= 11 is 1.31. The van der Waals surface area contributed by atoms with Crippen molar-refractivity contribution in [3.63, 3.8) is 0 Å². The minimum atomic E-state index is -0.430. The quantitative estimate of drug-likeness (QED) is 0.615. The molecule has 0 saturated carbocycles. The lowest BCUT2D eigenvalue weighted by Gasteiger charge is -1.97. The summed E-state index contributed by atoms with van der Waals surface area (Å²) in [5, 5.41) is 21.7. The largest absolute Gasteiger partial charge is 0.279 e. The Kier molecular flexibility index (Phi) is 3.12. The molecule has 0 saturated heterocycles. The van der Waals surface area contributed by atoms with E-state index in [2.05, 4.69) is 4.98 Å². The van der Waals surface area contributed by atoms with Crippen LogP contribution in [0.4, 0.5) is 5.69 Å². The van der Waals surface area contributed by atoms with E-state index in [4.69, 9.17) is 5.26 Å². The summed E-state index contributed by atoms with van der Waals surface area (Å²) in [5.74, 6) is 0. The van der Waals surface area contributed by atoms with E-state index in [1.807, 2.05) is 6.07 Å². The highest BCUT2D eigenvalue weighted by molar-refractivity contribution is 7.13.